The Hall–Kier alpha value is -2.53. The number of methoxy groups -OCH3 is 1. The van der Waals surface area contributed by atoms with Gasteiger partial charge < -0.3 is 9.47 Å². The van der Waals surface area contributed by atoms with E-state index in [0.717, 1.165) is 5.56 Å². The largest absolute Gasteiger partial charge is 0.465 e. The molecule has 2 aliphatic heterocycles. The average molecular weight is 475 g/mol. The average Bonchev–Trinajstić information content (AvgIpc) is 2.77. The standard InChI is InChI=1S/C23H30N4O5S/c1-17-5-4-6-21(11-17)27(14-20-8-7-19(12-24-20)23(28)31-3)33(29,30)25-9-10-26(18(2)13-25)22-15-32-16-22/h4-8,11-12,18,22H,9-10,13-16H2,1-3H3/t18-/m0/s1. The first-order chi connectivity index (χ1) is 15.8. The molecule has 0 bridgehead atoms. The van der Waals surface area contributed by atoms with Crippen molar-refractivity contribution in [3.05, 3.63) is 59.4 Å². The predicted molar refractivity (Wildman–Crippen MR) is 124 cm³/mol. The minimum absolute atomic E-state index is 0.0539. The maximum Gasteiger partial charge on any atom is 0.339 e. The fourth-order valence-corrected chi connectivity index (χ4v) is 5.91. The van der Waals surface area contributed by atoms with Crippen LogP contribution in [-0.2, 0) is 26.2 Å². The minimum Gasteiger partial charge on any atom is -0.465 e. The Bertz CT molecular complexity index is 1090. The Labute approximate surface area is 195 Å². The first-order valence-electron chi connectivity index (χ1n) is 11.0. The molecule has 2 saturated heterocycles. The second-order valence-electron chi connectivity index (χ2n) is 8.52. The molecule has 178 valence electrons. The zero-order valence-corrected chi connectivity index (χ0v) is 20.0. The van der Waals surface area contributed by atoms with E-state index in [-0.39, 0.29) is 12.6 Å². The van der Waals surface area contributed by atoms with Gasteiger partial charge in [0.15, 0.2) is 0 Å². The Morgan fingerprint density at radius 2 is 2.03 bits per heavy atom. The van der Waals surface area contributed by atoms with E-state index in [0.29, 0.717) is 55.8 Å². The summed E-state index contributed by atoms with van der Waals surface area (Å²) in [6, 6.07) is 11.1. The van der Waals surface area contributed by atoms with Gasteiger partial charge in [-0.25, -0.2) is 4.79 Å². The van der Waals surface area contributed by atoms with E-state index in [4.69, 9.17) is 9.47 Å². The second-order valence-corrected chi connectivity index (χ2v) is 10.4. The second kappa shape index (κ2) is 9.76. The summed E-state index contributed by atoms with van der Waals surface area (Å²) in [5.41, 5.74) is 2.39. The smallest absolute Gasteiger partial charge is 0.339 e. The van der Waals surface area contributed by atoms with Gasteiger partial charge in [-0.3, -0.25) is 14.2 Å². The van der Waals surface area contributed by atoms with Crippen molar-refractivity contribution in [2.24, 2.45) is 0 Å². The van der Waals surface area contributed by atoms with E-state index in [1.54, 1.807) is 22.5 Å². The van der Waals surface area contributed by atoms with Crippen LogP contribution in [0.1, 0.15) is 28.5 Å². The number of carbonyl (C=O) groups excluding carboxylic acids is 1. The molecule has 1 atom stereocenters. The van der Waals surface area contributed by atoms with Crippen LogP contribution in [0.15, 0.2) is 42.6 Å². The third kappa shape index (κ3) is 5.03. The molecule has 9 nitrogen and oxygen atoms in total. The summed E-state index contributed by atoms with van der Waals surface area (Å²) in [5, 5.41) is 0. The number of carbonyl (C=O) groups is 1. The van der Waals surface area contributed by atoms with E-state index in [1.807, 2.05) is 25.1 Å². The van der Waals surface area contributed by atoms with Gasteiger partial charge in [-0.05, 0) is 43.7 Å². The quantitative estimate of drug-likeness (QED) is 0.566. The lowest BCUT2D eigenvalue weighted by molar-refractivity contribution is -0.0873. The third-order valence-corrected chi connectivity index (χ3v) is 8.06. The molecule has 33 heavy (non-hydrogen) atoms. The first kappa shape index (κ1) is 23.6. The number of anilines is 1. The molecular formula is C23H30N4O5S. The summed E-state index contributed by atoms with van der Waals surface area (Å²) in [5.74, 6) is -0.485. The number of benzene rings is 1. The molecule has 0 radical (unpaired) electrons. The summed E-state index contributed by atoms with van der Waals surface area (Å²) < 4.78 is 40.7. The number of aryl methyl sites for hydroxylation is 1. The molecule has 4 rings (SSSR count). The Kier molecular flexibility index (Phi) is 6.99. The summed E-state index contributed by atoms with van der Waals surface area (Å²) in [4.78, 5) is 18.4. The van der Waals surface area contributed by atoms with Gasteiger partial charge in [-0.1, -0.05) is 12.1 Å². The van der Waals surface area contributed by atoms with Crippen molar-refractivity contribution in [3.63, 3.8) is 0 Å². The van der Waals surface area contributed by atoms with Gasteiger partial charge in [0, 0.05) is 31.9 Å². The highest BCUT2D eigenvalue weighted by Crippen LogP contribution is 2.27. The maximum atomic E-state index is 13.8. The molecule has 0 amide bonds. The van der Waals surface area contributed by atoms with E-state index in [2.05, 4.69) is 16.8 Å². The van der Waals surface area contributed by atoms with Crippen LogP contribution in [0.2, 0.25) is 0 Å². The van der Waals surface area contributed by atoms with Gasteiger partial charge in [-0.15, -0.1) is 0 Å². The van der Waals surface area contributed by atoms with Gasteiger partial charge >= 0.3 is 16.2 Å². The van der Waals surface area contributed by atoms with Crippen molar-refractivity contribution >= 4 is 21.9 Å². The molecule has 2 aliphatic rings. The zero-order chi connectivity index (χ0) is 23.6. The Morgan fingerprint density at radius 3 is 2.61 bits per heavy atom. The number of hydrogen-bond acceptors (Lipinski definition) is 7. The number of nitrogens with zero attached hydrogens (tertiary/aromatic N) is 4. The van der Waals surface area contributed by atoms with Crippen molar-refractivity contribution in [1.29, 1.82) is 0 Å². The highest BCUT2D eigenvalue weighted by atomic mass is 32.2. The minimum atomic E-state index is -3.82. The van der Waals surface area contributed by atoms with Crippen molar-refractivity contribution in [3.8, 4) is 0 Å². The van der Waals surface area contributed by atoms with Crippen LogP contribution in [-0.4, -0.2) is 80.6 Å². The summed E-state index contributed by atoms with van der Waals surface area (Å²) in [7, 11) is -2.51. The van der Waals surface area contributed by atoms with E-state index in [1.165, 1.54) is 17.6 Å². The van der Waals surface area contributed by atoms with Crippen molar-refractivity contribution in [2.45, 2.75) is 32.5 Å². The summed E-state index contributed by atoms with van der Waals surface area (Å²) in [6.45, 7) is 6.96. The highest BCUT2D eigenvalue weighted by molar-refractivity contribution is 7.90. The lowest BCUT2D eigenvalue weighted by Crippen LogP contribution is -2.62. The van der Waals surface area contributed by atoms with Crippen LogP contribution < -0.4 is 4.31 Å². The van der Waals surface area contributed by atoms with Crippen LogP contribution in [0.25, 0.3) is 0 Å². The lowest BCUT2D eigenvalue weighted by Gasteiger charge is -2.46. The highest BCUT2D eigenvalue weighted by Gasteiger charge is 2.39. The van der Waals surface area contributed by atoms with Crippen LogP contribution in [0.3, 0.4) is 0 Å². The number of piperazine rings is 1. The molecule has 1 aromatic carbocycles. The van der Waals surface area contributed by atoms with Crippen LogP contribution in [0.4, 0.5) is 5.69 Å². The molecule has 3 heterocycles. The SMILES string of the molecule is COC(=O)c1ccc(CN(c2cccc(C)c2)S(=O)(=O)N2CCN(C3COC3)[C@@H](C)C2)nc1. The molecule has 0 saturated carbocycles. The van der Waals surface area contributed by atoms with Crippen molar-refractivity contribution in [1.82, 2.24) is 14.2 Å². The molecule has 10 heteroatoms. The van der Waals surface area contributed by atoms with Gasteiger partial charge in [0.1, 0.15) is 0 Å². The number of ether oxygens (including phenoxy) is 2. The summed E-state index contributed by atoms with van der Waals surface area (Å²) >= 11 is 0. The molecule has 2 aromatic rings. The third-order valence-electron chi connectivity index (χ3n) is 6.18. The number of hydrogen-bond donors (Lipinski definition) is 0. The Balaban J connectivity index is 1.59. The normalized spacial score (nSPS) is 20.3. The molecule has 0 spiro atoms. The van der Waals surface area contributed by atoms with Gasteiger partial charge in [-0.2, -0.15) is 12.7 Å². The molecule has 1 aromatic heterocycles. The van der Waals surface area contributed by atoms with E-state index < -0.39 is 16.2 Å². The zero-order valence-electron chi connectivity index (χ0n) is 19.2. The Morgan fingerprint density at radius 1 is 1.24 bits per heavy atom. The van der Waals surface area contributed by atoms with Crippen molar-refractivity contribution in [2.75, 3.05) is 44.3 Å². The first-order valence-corrected chi connectivity index (χ1v) is 12.4. The molecular weight excluding hydrogens is 444 g/mol. The van der Waals surface area contributed by atoms with Crippen molar-refractivity contribution < 1.29 is 22.7 Å². The number of rotatable bonds is 7. The van der Waals surface area contributed by atoms with Gasteiger partial charge in [0.2, 0.25) is 0 Å². The van der Waals surface area contributed by atoms with Gasteiger partial charge in [0.05, 0.1) is 49.9 Å². The topological polar surface area (TPSA) is 92.3 Å². The molecule has 0 aliphatic carbocycles. The monoisotopic (exact) mass is 474 g/mol. The molecule has 0 N–H and O–H groups in total. The predicted octanol–water partition coefficient (Wildman–Crippen LogP) is 1.83. The maximum absolute atomic E-state index is 13.8. The van der Waals surface area contributed by atoms with E-state index >= 15 is 0 Å². The molecule has 0 unspecified atom stereocenters. The fourth-order valence-electron chi connectivity index (χ4n) is 4.24. The van der Waals surface area contributed by atoms with Crippen LogP contribution in [0, 0.1) is 6.92 Å². The van der Waals surface area contributed by atoms with Crippen LogP contribution >= 0.6 is 0 Å². The van der Waals surface area contributed by atoms with E-state index in [9.17, 15) is 13.2 Å². The lowest BCUT2D eigenvalue weighted by atomic mass is 10.1. The fraction of sp³-hybridized carbons (Fsp3) is 0.478. The van der Waals surface area contributed by atoms with Gasteiger partial charge in [0.25, 0.3) is 0 Å². The molecule has 2 fully saturated rings. The number of aromatic nitrogens is 1. The number of pyridine rings is 1. The van der Waals surface area contributed by atoms with Crippen LogP contribution in [0.5, 0.6) is 0 Å². The summed E-state index contributed by atoms with van der Waals surface area (Å²) in [6.07, 6.45) is 1.41. The number of esters is 1.